The molecule has 92 valence electrons. The predicted molar refractivity (Wildman–Crippen MR) is 72.3 cm³/mol. The van der Waals surface area contributed by atoms with Crippen LogP contribution in [0.4, 0.5) is 5.69 Å². The molecule has 1 aromatic carbocycles. The molecule has 0 atom stereocenters. The molecule has 0 spiro atoms. The predicted octanol–water partition coefficient (Wildman–Crippen LogP) is 2.59. The Morgan fingerprint density at radius 2 is 1.94 bits per heavy atom. The molecule has 0 bridgehead atoms. The molecule has 1 amide bonds. The van der Waals surface area contributed by atoms with E-state index in [1.807, 2.05) is 0 Å². The maximum atomic E-state index is 11.8. The first-order valence-electron chi connectivity index (χ1n) is 5.32. The molecule has 4 nitrogen and oxygen atoms in total. The van der Waals surface area contributed by atoms with E-state index in [0.29, 0.717) is 11.4 Å². The molecule has 1 aromatic heterocycles. The zero-order valence-corrected chi connectivity index (χ0v) is 11.0. The van der Waals surface area contributed by atoms with E-state index >= 15 is 0 Å². The van der Waals surface area contributed by atoms with E-state index in [1.54, 1.807) is 42.6 Å². The van der Waals surface area contributed by atoms with Crippen LogP contribution in [0.15, 0.2) is 47.1 Å². The summed E-state index contributed by atoms with van der Waals surface area (Å²) in [6, 6.07) is 10.4. The van der Waals surface area contributed by atoms with Crippen molar-refractivity contribution in [2.24, 2.45) is 0 Å². The largest absolute Gasteiger partial charge is 0.392 e. The van der Waals surface area contributed by atoms with Gasteiger partial charge in [0.15, 0.2) is 0 Å². The van der Waals surface area contributed by atoms with Gasteiger partial charge in [0.1, 0.15) is 5.69 Å². The molecule has 0 aliphatic heterocycles. The molecule has 2 rings (SSSR count). The van der Waals surface area contributed by atoms with Crippen molar-refractivity contribution in [3.05, 3.63) is 58.3 Å². The summed E-state index contributed by atoms with van der Waals surface area (Å²) < 4.78 is 0.825. The van der Waals surface area contributed by atoms with Gasteiger partial charge in [-0.1, -0.05) is 12.1 Å². The zero-order chi connectivity index (χ0) is 13.0. The number of hydrogen-bond acceptors (Lipinski definition) is 3. The minimum Gasteiger partial charge on any atom is -0.392 e. The Bertz CT molecular complexity index is 538. The topological polar surface area (TPSA) is 62.2 Å². The van der Waals surface area contributed by atoms with Gasteiger partial charge in [-0.3, -0.25) is 4.79 Å². The van der Waals surface area contributed by atoms with Gasteiger partial charge in [0.25, 0.3) is 5.91 Å². The summed E-state index contributed by atoms with van der Waals surface area (Å²) in [5, 5.41) is 11.6. The van der Waals surface area contributed by atoms with Crippen molar-refractivity contribution in [2.45, 2.75) is 6.61 Å². The highest BCUT2D eigenvalue weighted by atomic mass is 79.9. The minimum atomic E-state index is -0.265. The second kappa shape index (κ2) is 5.75. The van der Waals surface area contributed by atoms with E-state index in [4.69, 9.17) is 5.11 Å². The molecule has 2 aromatic rings. The second-order valence-corrected chi connectivity index (χ2v) is 4.59. The van der Waals surface area contributed by atoms with Crippen LogP contribution >= 0.6 is 15.9 Å². The lowest BCUT2D eigenvalue weighted by atomic mass is 10.2. The summed E-state index contributed by atoms with van der Waals surface area (Å²) in [4.78, 5) is 15.9. The van der Waals surface area contributed by atoms with Crippen molar-refractivity contribution in [3.63, 3.8) is 0 Å². The van der Waals surface area contributed by atoms with Gasteiger partial charge in [-0.2, -0.15) is 0 Å². The lowest BCUT2D eigenvalue weighted by Gasteiger charge is -2.05. The van der Waals surface area contributed by atoms with Gasteiger partial charge in [0.05, 0.1) is 6.61 Å². The first-order chi connectivity index (χ1) is 8.69. The van der Waals surface area contributed by atoms with Gasteiger partial charge in [0, 0.05) is 16.4 Å². The Morgan fingerprint density at radius 1 is 1.22 bits per heavy atom. The molecule has 18 heavy (non-hydrogen) atoms. The van der Waals surface area contributed by atoms with Crippen LogP contribution in [0.2, 0.25) is 0 Å². The van der Waals surface area contributed by atoms with Gasteiger partial charge in [0.2, 0.25) is 0 Å². The molecule has 0 saturated heterocycles. The van der Waals surface area contributed by atoms with E-state index in [1.165, 1.54) is 0 Å². The van der Waals surface area contributed by atoms with Crippen molar-refractivity contribution in [3.8, 4) is 0 Å². The lowest BCUT2D eigenvalue weighted by molar-refractivity contribution is 0.102. The highest BCUT2D eigenvalue weighted by molar-refractivity contribution is 9.10. The van der Waals surface area contributed by atoms with Crippen LogP contribution in [0.25, 0.3) is 0 Å². The maximum absolute atomic E-state index is 11.8. The third-order valence-electron chi connectivity index (χ3n) is 2.35. The summed E-state index contributed by atoms with van der Waals surface area (Å²) >= 11 is 3.26. The third-order valence-corrected chi connectivity index (χ3v) is 2.82. The molecule has 0 unspecified atom stereocenters. The standard InChI is InChI=1S/C13H11BrN2O2/c14-10-3-6-12(15-7-10)13(18)16-11-4-1-9(8-17)2-5-11/h1-7,17H,8H2,(H,16,18). The van der Waals surface area contributed by atoms with Crippen molar-refractivity contribution < 1.29 is 9.90 Å². The Morgan fingerprint density at radius 3 is 2.50 bits per heavy atom. The SMILES string of the molecule is O=C(Nc1ccc(CO)cc1)c1ccc(Br)cn1. The summed E-state index contributed by atoms with van der Waals surface area (Å²) in [7, 11) is 0. The number of anilines is 1. The number of carbonyl (C=O) groups excluding carboxylic acids is 1. The van der Waals surface area contributed by atoms with E-state index in [-0.39, 0.29) is 12.5 Å². The molecule has 5 heteroatoms. The molecule has 0 radical (unpaired) electrons. The van der Waals surface area contributed by atoms with Gasteiger partial charge >= 0.3 is 0 Å². The molecular weight excluding hydrogens is 296 g/mol. The summed E-state index contributed by atoms with van der Waals surface area (Å²) in [5.74, 6) is -0.265. The normalized spacial score (nSPS) is 10.1. The van der Waals surface area contributed by atoms with Crippen molar-refractivity contribution in [1.29, 1.82) is 0 Å². The number of hydrogen-bond donors (Lipinski definition) is 2. The number of aliphatic hydroxyl groups is 1. The minimum absolute atomic E-state index is 0.0114. The number of aliphatic hydroxyl groups excluding tert-OH is 1. The van der Waals surface area contributed by atoms with Crippen LogP contribution in [-0.4, -0.2) is 16.0 Å². The summed E-state index contributed by atoms with van der Waals surface area (Å²) in [6.45, 7) is -0.0114. The van der Waals surface area contributed by atoms with Crippen LogP contribution in [0.5, 0.6) is 0 Å². The van der Waals surface area contributed by atoms with Gasteiger partial charge in [-0.15, -0.1) is 0 Å². The number of halogens is 1. The number of benzene rings is 1. The first kappa shape index (κ1) is 12.7. The number of carbonyl (C=O) groups is 1. The molecule has 0 aliphatic carbocycles. The van der Waals surface area contributed by atoms with Gasteiger partial charge in [-0.25, -0.2) is 4.98 Å². The van der Waals surface area contributed by atoms with E-state index in [0.717, 1.165) is 10.0 Å². The number of nitrogens with one attached hydrogen (secondary N) is 1. The van der Waals surface area contributed by atoms with Crippen molar-refractivity contribution in [1.82, 2.24) is 4.98 Å². The van der Waals surface area contributed by atoms with Crippen LogP contribution in [-0.2, 0) is 6.61 Å². The second-order valence-electron chi connectivity index (χ2n) is 3.67. The fraction of sp³-hybridized carbons (Fsp3) is 0.0769. The van der Waals surface area contributed by atoms with Gasteiger partial charge in [-0.05, 0) is 45.8 Å². The number of rotatable bonds is 3. The van der Waals surface area contributed by atoms with Crippen molar-refractivity contribution in [2.75, 3.05) is 5.32 Å². The molecule has 0 saturated carbocycles. The van der Waals surface area contributed by atoms with Crippen LogP contribution in [0, 0.1) is 0 Å². The van der Waals surface area contributed by atoms with Gasteiger partial charge < -0.3 is 10.4 Å². The average molecular weight is 307 g/mol. The molecule has 0 aliphatic rings. The molecule has 0 fully saturated rings. The quantitative estimate of drug-likeness (QED) is 0.916. The Hall–Kier alpha value is -1.72. The fourth-order valence-electron chi connectivity index (χ4n) is 1.40. The number of aromatic nitrogens is 1. The Labute approximate surface area is 113 Å². The molecular formula is C13H11BrN2O2. The maximum Gasteiger partial charge on any atom is 0.274 e. The Kier molecular flexibility index (Phi) is 4.07. The fourth-order valence-corrected chi connectivity index (χ4v) is 1.63. The van der Waals surface area contributed by atoms with E-state index in [9.17, 15) is 4.79 Å². The third kappa shape index (κ3) is 3.15. The summed E-state index contributed by atoms with van der Waals surface area (Å²) in [6.07, 6.45) is 1.57. The average Bonchev–Trinajstić information content (AvgIpc) is 2.40. The highest BCUT2D eigenvalue weighted by Gasteiger charge is 2.07. The Balaban J connectivity index is 2.08. The van der Waals surface area contributed by atoms with E-state index < -0.39 is 0 Å². The molecule has 1 heterocycles. The monoisotopic (exact) mass is 306 g/mol. The van der Waals surface area contributed by atoms with Crippen LogP contribution in [0.3, 0.4) is 0 Å². The van der Waals surface area contributed by atoms with Crippen LogP contribution in [0.1, 0.15) is 16.1 Å². The first-order valence-corrected chi connectivity index (χ1v) is 6.11. The number of amides is 1. The zero-order valence-electron chi connectivity index (χ0n) is 9.43. The van der Waals surface area contributed by atoms with Crippen molar-refractivity contribution >= 4 is 27.5 Å². The lowest BCUT2D eigenvalue weighted by Crippen LogP contribution is -2.13. The summed E-state index contributed by atoms with van der Waals surface area (Å²) in [5.41, 5.74) is 1.82. The number of nitrogens with zero attached hydrogens (tertiary/aromatic N) is 1. The number of pyridine rings is 1. The van der Waals surface area contributed by atoms with Crippen LogP contribution < -0.4 is 5.32 Å². The smallest absolute Gasteiger partial charge is 0.274 e. The van der Waals surface area contributed by atoms with E-state index in [2.05, 4.69) is 26.2 Å². The molecule has 2 N–H and O–H groups in total. The highest BCUT2D eigenvalue weighted by Crippen LogP contribution is 2.12.